The van der Waals surface area contributed by atoms with Crippen molar-refractivity contribution in [1.29, 1.82) is 0 Å². The number of ether oxygens (including phenoxy) is 2. The Morgan fingerprint density at radius 2 is 2.43 bits per heavy atom. The molecule has 1 heterocycles. The average molecular weight is 312 g/mol. The Labute approximate surface area is 96.1 Å². The second-order valence-electron chi connectivity index (χ2n) is 3.88. The number of carbonyl (C=O) groups excluding carboxylic acids is 1. The summed E-state index contributed by atoms with van der Waals surface area (Å²) in [5.74, 6) is 0.0346. The molecule has 1 saturated heterocycles. The van der Waals surface area contributed by atoms with Gasteiger partial charge in [0.2, 0.25) is 0 Å². The molecule has 0 radical (unpaired) electrons. The van der Waals surface area contributed by atoms with E-state index in [9.17, 15) is 9.90 Å². The SMILES string of the molecule is COCC1C2CC(=O)O[C@H]2C(I)[C@H]1O. The molecule has 1 saturated carbocycles. The molecule has 0 bridgehead atoms. The third-order valence-corrected chi connectivity index (χ3v) is 4.53. The Morgan fingerprint density at radius 3 is 3.07 bits per heavy atom. The smallest absolute Gasteiger partial charge is 0.306 e. The molecule has 5 atom stereocenters. The number of fused-ring (bicyclic) bond motifs is 1. The third-order valence-electron chi connectivity index (χ3n) is 3.08. The molecule has 14 heavy (non-hydrogen) atoms. The molecule has 2 aliphatic rings. The summed E-state index contributed by atoms with van der Waals surface area (Å²) in [5.41, 5.74) is 0. The van der Waals surface area contributed by atoms with Crippen molar-refractivity contribution in [2.24, 2.45) is 11.8 Å². The standard InChI is InChI=1S/C9H13IO4/c1-13-3-5-4-2-6(11)14-9(4)7(10)8(5)12/h4-5,7-9,12H,2-3H2,1H3/t4?,5?,7?,8-,9+/m0/s1. The van der Waals surface area contributed by atoms with Crippen molar-refractivity contribution < 1.29 is 19.4 Å². The monoisotopic (exact) mass is 312 g/mol. The van der Waals surface area contributed by atoms with E-state index in [-0.39, 0.29) is 27.8 Å². The van der Waals surface area contributed by atoms with Gasteiger partial charge in [0, 0.05) is 18.9 Å². The van der Waals surface area contributed by atoms with Crippen LogP contribution in [0.15, 0.2) is 0 Å². The van der Waals surface area contributed by atoms with Crippen LogP contribution < -0.4 is 0 Å². The van der Waals surface area contributed by atoms with Crippen LogP contribution in [-0.4, -0.2) is 40.9 Å². The number of rotatable bonds is 2. The topological polar surface area (TPSA) is 55.8 Å². The van der Waals surface area contributed by atoms with Crippen LogP contribution in [0.4, 0.5) is 0 Å². The van der Waals surface area contributed by atoms with Gasteiger partial charge in [0.05, 0.1) is 23.1 Å². The summed E-state index contributed by atoms with van der Waals surface area (Å²) in [6, 6.07) is 0. The number of aliphatic hydroxyl groups excluding tert-OH is 1. The molecule has 5 heteroatoms. The van der Waals surface area contributed by atoms with Crippen molar-refractivity contribution in [3.63, 3.8) is 0 Å². The van der Waals surface area contributed by atoms with Gasteiger partial charge in [0.25, 0.3) is 0 Å². The number of alkyl halides is 1. The van der Waals surface area contributed by atoms with Crippen LogP contribution in [-0.2, 0) is 14.3 Å². The fourth-order valence-corrected chi connectivity index (χ4v) is 3.60. The molecule has 0 aromatic heterocycles. The molecule has 1 aliphatic carbocycles. The van der Waals surface area contributed by atoms with Gasteiger partial charge in [-0.15, -0.1) is 0 Å². The van der Waals surface area contributed by atoms with Crippen molar-refractivity contribution in [1.82, 2.24) is 0 Å². The van der Waals surface area contributed by atoms with E-state index < -0.39 is 6.10 Å². The van der Waals surface area contributed by atoms with Gasteiger partial charge in [-0.25, -0.2) is 0 Å². The lowest BCUT2D eigenvalue weighted by Gasteiger charge is -2.18. The molecule has 0 amide bonds. The predicted molar refractivity (Wildman–Crippen MR) is 57.2 cm³/mol. The first-order valence-electron chi connectivity index (χ1n) is 4.65. The Hall–Kier alpha value is 0.120. The fraction of sp³-hybridized carbons (Fsp3) is 0.889. The second-order valence-corrected chi connectivity index (χ2v) is 5.32. The third kappa shape index (κ3) is 1.55. The highest BCUT2D eigenvalue weighted by molar-refractivity contribution is 14.1. The van der Waals surface area contributed by atoms with Crippen molar-refractivity contribution in [3.8, 4) is 0 Å². The summed E-state index contributed by atoms with van der Waals surface area (Å²) in [6.07, 6.45) is -0.105. The van der Waals surface area contributed by atoms with Gasteiger partial charge in [-0.2, -0.15) is 0 Å². The molecule has 80 valence electrons. The number of esters is 1. The number of aliphatic hydroxyl groups is 1. The quantitative estimate of drug-likeness (QED) is 0.454. The minimum Gasteiger partial charge on any atom is -0.461 e. The van der Waals surface area contributed by atoms with Crippen LogP contribution in [0.5, 0.6) is 0 Å². The summed E-state index contributed by atoms with van der Waals surface area (Å²) < 4.78 is 10.2. The predicted octanol–water partition coefficient (Wildman–Crippen LogP) is 0.359. The Morgan fingerprint density at radius 1 is 1.71 bits per heavy atom. The van der Waals surface area contributed by atoms with Gasteiger partial charge in [0.1, 0.15) is 6.10 Å². The zero-order chi connectivity index (χ0) is 10.3. The first-order chi connectivity index (χ1) is 6.65. The fourth-order valence-electron chi connectivity index (χ4n) is 2.39. The largest absolute Gasteiger partial charge is 0.461 e. The molecular formula is C9H13IO4. The van der Waals surface area contributed by atoms with Gasteiger partial charge < -0.3 is 14.6 Å². The summed E-state index contributed by atoms with van der Waals surface area (Å²) in [6.45, 7) is 0.498. The Bertz CT molecular complexity index is 245. The second kappa shape index (κ2) is 3.94. The van der Waals surface area contributed by atoms with Gasteiger partial charge in [-0.3, -0.25) is 4.79 Å². The molecule has 1 N–H and O–H groups in total. The molecule has 1 aliphatic heterocycles. The molecule has 0 aromatic rings. The van der Waals surface area contributed by atoms with Crippen LogP contribution >= 0.6 is 22.6 Å². The number of methoxy groups -OCH3 is 1. The van der Waals surface area contributed by atoms with Crippen molar-refractivity contribution >= 4 is 28.6 Å². The first-order valence-corrected chi connectivity index (χ1v) is 5.90. The first kappa shape index (κ1) is 10.6. The van der Waals surface area contributed by atoms with E-state index in [2.05, 4.69) is 22.6 Å². The number of carbonyl (C=O) groups is 1. The van der Waals surface area contributed by atoms with Crippen molar-refractivity contribution in [2.75, 3.05) is 13.7 Å². The van der Waals surface area contributed by atoms with Gasteiger partial charge in [0.15, 0.2) is 0 Å². The highest BCUT2D eigenvalue weighted by Gasteiger charge is 2.54. The van der Waals surface area contributed by atoms with E-state index in [1.807, 2.05) is 0 Å². The van der Waals surface area contributed by atoms with Crippen LogP contribution in [0, 0.1) is 11.8 Å². The van der Waals surface area contributed by atoms with Gasteiger partial charge >= 0.3 is 5.97 Å². The van der Waals surface area contributed by atoms with Crippen LogP contribution in [0.3, 0.4) is 0 Å². The van der Waals surface area contributed by atoms with E-state index in [4.69, 9.17) is 9.47 Å². The highest BCUT2D eigenvalue weighted by Crippen LogP contribution is 2.44. The molecule has 4 nitrogen and oxygen atoms in total. The molecule has 3 unspecified atom stereocenters. The minimum absolute atomic E-state index is 0.00389. The van der Waals surface area contributed by atoms with E-state index in [0.29, 0.717) is 13.0 Å². The molecule has 0 aromatic carbocycles. The molecule has 0 spiro atoms. The normalized spacial score (nSPS) is 46.5. The maximum absolute atomic E-state index is 11.1. The number of halogens is 1. The van der Waals surface area contributed by atoms with Crippen LogP contribution in [0.1, 0.15) is 6.42 Å². The van der Waals surface area contributed by atoms with Crippen molar-refractivity contribution in [2.45, 2.75) is 22.6 Å². The zero-order valence-corrected chi connectivity index (χ0v) is 10.0. The van der Waals surface area contributed by atoms with Gasteiger partial charge in [-0.1, -0.05) is 22.6 Å². The number of hydrogen-bond acceptors (Lipinski definition) is 4. The van der Waals surface area contributed by atoms with E-state index >= 15 is 0 Å². The summed E-state index contributed by atoms with van der Waals surface area (Å²) in [5, 5.41) is 9.90. The highest BCUT2D eigenvalue weighted by atomic mass is 127. The lowest BCUT2D eigenvalue weighted by molar-refractivity contribution is -0.141. The van der Waals surface area contributed by atoms with Crippen LogP contribution in [0.25, 0.3) is 0 Å². The number of hydrogen-bond donors (Lipinski definition) is 1. The lowest BCUT2D eigenvalue weighted by atomic mass is 9.93. The molecular weight excluding hydrogens is 299 g/mol. The summed E-state index contributed by atoms with van der Waals surface area (Å²) >= 11 is 2.16. The Kier molecular flexibility index (Phi) is 2.99. The maximum atomic E-state index is 11.1. The van der Waals surface area contributed by atoms with E-state index in [0.717, 1.165) is 0 Å². The summed E-state index contributed by atoms with van der Waals surface area (Å²) in [7, 11) is 1.61. The maximum Gasteiger partial charge on any atom is 0.306 e. The average Bonchev–Trinajstić information content (AvgIpc) is 2.61. The van der Waals surface area contributed by atoms with Crippen LogP contribution in [0.2, 0.25) is 0 Å². The minimum atomic E-state index is -0.418. The van der Waals surface area contributed by atoms with E-state index in [1.165, 1.54) is 0 Å². The molecule has 2 fully saturated rings. The van der Waals surface area contributed by atoms with E-state index in [1.54, 1.807) is 7.11 Å². The van der Waals surface area contributed by atoms with Gasteiger partial charge in [-0.05, 0) is 0 Å². The zero-order valence-electron chi connectivity index (χ0n) is 7.85. The van der Waals surface area contributed by atoms with Crippen molar-refractivity contribution in [3.05, 3.63) is 0 Å². The summed E-state index contributed by atoms with van der Waals surface area (Å²) in [4.78, 5) is 11.1. The Balaban J connectivity index is 2.14. The lowest BCUT2D eigenvalue weighted by Crippen LogP contribution is -2.29. The molecule has 2 rings (SSSR count).